The van der Waals surface area contributed by atoms with E-state index in [0.29, 0.717) is 33.7 Å². The molecule has 7 heteroatoms. The van der Waals surface area contributed by atoms with Crippen LogP contribution in [0.1, 0.15) is 31.2 Å². The maximum atomic E-state index is 13.2. The standard InChI is InChI=1S/C24H20ClNO5/c1-10-7-18(28)16-9-14-12(4-5-13-20(14)24(31)26(2)23(13)30)19(21(16)22(10)29)15-8-11(25)3-6-17(15)27/h3-4,6-8,13-14,19-20,27H,5,9H2,1-2H3. The Kier molecular flexibility index (Phi) is 4.35. The molecule has 4 aliphatic rings. The molecule has 1 fully saturated rings. The Morgan fingerprint density at radius 3 is 2.58 bits per heavy atom. The van der Waals surface area contributed by atoms with Crippen LogP contribution in [0.5, 0.6) is 5.75 Å². The number of benzene rings is 1. The third-order valence-electron chi connectivity index (χ3n) is 7.09. The van der Waals surface area contributed by atoms with Crippen molar-refractivity contribution >= 4 is 35.0 Å². The summed E-state index contributed by atoms with van der Waals surface area (Å²) >= 11 is 6.22. The molecule has 0 spiro atoms. The molecule has 3 aliphatic carbocycles. The second kappa shape index (κ2) is 6.76. The molecule has 0 aromatic heterocycles. The quantitative estimate of drug-likeness (QED) is 0.414. The normalized spacial score (nSPS) is 30.1. The van der Waals surface area contributed by atoms with Gasteiger partial charge >= 0.3 is 0 Å². The molecule has 1 saturated heterocycles. The molecule has 0 bridgehead atoms. The molecule has 6 nitrogen and oxygen atoms in total. The Hall–Kier alpha value is -2.99. The van der Waals surface area contributed by atoms with Crippen LogP contribution >= 0.6 is 11.6 Å². The van der Waals surface area contributed by atoms with E-state index in [1.807, 2.05) is 6.08 Å². The fourth-order valence-electron chi connectivity index (χ4n) is 5.63. The van der Waals surface area contributed by atoms with Crippen LogP contribution in [0.15, 0.2) is 52.6 Å². The summed E-state index contributed by atoms with van der Waals surface area (Å²) < 4.78 is 0. The predicted molar refractivity (Wildman–Crippen MR) is 112 cm³/mol. The maximum Gasteiger partial charge on any atom is 0.233 e. The summed E-state index contributed by atoms with van der Waals surface area (Å²) in [5, 5.41) is 11.0. The Bertz CT molecular complexity index is 1190. The lowest BCUT2D eigenvalue weighted by Gasteiger charge is -2.42. The number of phenolic OH excluding ortho intramolecular Hbond substituents is 1. The van der Waals surface area contributed by atoms with Gasteiger partial charge in [-0.1, -0.05) is 23.3 Å². The average molecular weight is 438 g/mol. The van der Waals surface area contributed by atoms with E-state index in [1.165, 1.54) is 24.1 Å². The van der Waals surface area contributed by atoms with Gasteiger partial charge < -0.3 is 5.11 Å². The lowest BCUT2D eigenvalue weighted by molar-refractivity contribution is -0.138. The minimum atomic E-state index is -0.692. The van der Waals surface area contributed by atoms with Gasteiger partial charge in [0.1, 0.15) is 5.75 Å². The van der Waals surface area contributed by atoms with Gasteiger partial charge in [-0.25, -0.2) is 0 Å². The van der Waals surface area contributed by atoms with Crippen LogP contribution in [-0.2, 0) is 19.2 Å². The van der Waals surface area contributed by atoms with Gasteiger partial charge in [0, 0.05) is 40.3 Å². The minimum Gasteiger partial charge on any atom is -0.508 e. The number of nitrogens with zero attached hydrogens (tertiary/aromatic N) is 1. The first-order valence-corrected chi connectivity index (χ1v) is 10.6. The Morgan fingerprint density at radius 2 is 1.84 bits per heavy atom. The summed E-state index contributed by atoms with van der Waals surface area (Å²) in [6, 6.07) is 4.61. The third-order valence-corrected chi connectivity index (χ3v) is 7.32. The number of allylic oxidation sites excluding steroid dienone is 6. The van der Waals surface area contributed by atoms with E-state index < -0.39 is 23.7 Å². The Morgan fingerprint density at radius 1 is 1.10 bits per heavy atom. The highest BCUT2D eigenvalue weighted by molar-refractivity contribution is 6.30. The first kappa shape index (κ1) is 19.9. The van der Waals surface area contributed by atoms with Gasteiger partial charge in [0.25, 0.3) is 0 Å². The van der Waals surface area contributed by atoms with E-state index in [2.05, 4.69) is 0 Å². The number of imide groups is 1. The number of hydrogen-bond acceptors (Lipinski definition) is 5. The van der Waals surface area contributed by atoms with Crippen molar-refractivity contribution in [1.29, 1.82) is 0 Å². The number of hydrogen-bond donors (Lipinski definition) is 1. The summed E-state index contributed by atoms with van der Waals surface area (Å²) in [6.07, 6.45) is 3.85. The van der Waals surface area contributed by atoms with Gasteiger partial charge in [-0.3, -0.25) is 24.1 Å². The second-order valence-electron chi connectivity index (χ2n) is 8.67. The number of halogens is 1. The fourth-order valence-corrected chi connectivity index (χ4v) is 5.81. The number of phenols is 1. The zero-order valence-electron chi connectivity index (χ0n) is 17.0. The number of Topliss-reactive ketones (excluding diaryl/α,β-unsaturated/α-hetero) is 1. The van der Waals surface area contributed by atoms with Gasteiger partial charge in [-0.15, -0.1) is 0 Å². The summed E-state index contributed by atoms with van der Waals surface area (Å²) in [6.45, 7) is 1.60. The van der Waals surface area contributed by atoms with Crippen molar-refractivity contribution in [2.24, 2.45) is 17.8 Å². The first-order valence-electron chi connectivity index (χ1n) is 10.2. The molecular weight excluding hydrogens is 418 g/mol. The molecule has 1 heterocycles. The number of carbonyl (C=O) groups excluding carboxylic acids is 4. The molecule has 4 unspecified atom stereocenters. The van der Waals surface area contributed by atoms with Crippen LogP contribution in [-0.4, -0.2) is 40.4 Å². The van der Waals surface area contributed by atoms with Gasteiger partial charge in [0.05, 0.1) is 11.8 Å². The average Bonchev–Trinajstić information content (AvgIpc) is 2.96. The Balaban J connectivity index is 1.75. The van der Waals surface area contributed by atoms with Crippen molar-refractivity contribution in [1.82, 2.24) is 4.90 Å². The molecule has 2 amide bonds. The summed E-state index contributed by atoms with van der Waals surface area (Å²) in [7, 11) is 1.48. The largest absolute Gasteiger partial charge is 0.508 e. The molecule has 1 aromatic carbocycles. The van der Waals surface area contributed by atoms with Gasteiger partial charge in [0.2, 0.25) is 11.8 Å². The topological polar surface area (TPSA) is 91.8 Å². The maximum absolute atomic E-state index is 13.2. The highest BCUT2D eigenvalue weighted by atomic mass is 35.5. The summed E-state index contributed by atoms with van der Waals surface area (Å²) in [5.41, 5.74) is 2.27. The molecule has 1 aliphatic heterocycles. The smallest absolute Gasteiger partial charge is 0.233 e. The van der Waals surface area contributed by atoms with Crippen LogP contribution in [0.25, 0.3) is 0 Å². The van der Waals surface area contributed by atoms with Crippen molar-refractivity contribution in [2.75, 3.05) is 7.05 Å². The van der Waals surface area contributed by atoms with Crippen LogP contribution in [0, 0.1) is 17.8 Å². The summed E-state index contributed by atoms with van der Waals surface area (Å²) in [5.74, 6) is -3.15. The number of rotatable bonds is 1. The SMILES string of the molecule is CC1=CC(=O)C2=C(C1=O)C(c1cc(Cl)ccc1O)C1=CCC3C(=O)N(C)C(=O)C3C1C2. The molecule has 1 aromatic rings. The van der Waals surface area contributed by atoms with Crippen LogP contribution in [0.3, 0.4) is 0 Å². The number of likely N-dealkylation sites (tertiary alicyclic amines) is 1. The van der Waals surface area contributed by atoms with Crippen molar-refractivity contribution in [3.63, 3.8) is 0 Å². The van der Waals surface area contributed by atoms with Crippen molar-refractivity contribution < 1.29 is 24.3 Å². The van der Waals surface area contributed by atoms with E-state index >= 15 is 0 Å². The zero-order valence-corrected chi connectivity index (χ0v) is 17.8. The number of ketones is 2. The molecule has 31 heavy (non-hydrogen) atoms. The lowest BCUT2D eigenvalue weighted by atomic mass is 9.59. The molecule has 0 saturated carbocycles. The second-order valence-corrected chi connectivity index (χ2v) is 9.10. The lowest BCUT2D eigenvalue weighted by Crippen LogP contribution is -2.39. The minimum absolute atomic E-state index is 0.0386. The molecule has 5 rings (SSSR count). The monoisotopic (exact) mass is 437 g/mol. The molecule has 158 valence electrons. The number of aromatic hydroxyl groups is 1. The van der Waals surface area contributed by atoms with E-state index in [-0.39, 0.29) is 35.6 Å². The van der Waals surface area contributed by atoms with E-state index in [0.717, 1.165) is 5.57 Å². The number of carbonyl (C=O) groups is 4. The van der Waals surface area contributed by atoms with Crippen molar-refractivity contribution in [3.05, 3.63) is 63.2 Å². The molecular formula is C24H20ClNO5. The fraction of sp³-hybridized carbons (Fsp3) is 0.333. The molecule has 4 atom stereocenters. The highest BCUT2D eigenvalue weighted by Gasteiger charge is 2.55. The number of amides is 2. The first-order chi connectivity index (χ1) is 14.7. The van der Waals surface area contributed by atoms with Gasteiger partial charge in [0.15, 0.2) is 11.6 Å². The van der Waals surface area contributed by atoms with E-state index in [4.69, 9.17) is 11.6 Å². The highest BCUT2D eigenvalue weighted by Crippen LogP contribution is 2.56. The number of fused-ring (bicyclic) bond motifs is 3. The molecule has 1 N–H and O–H groups in total. The van der Waals surface area contributed by atoms with Crippen LogP contribution in [0.2, 0.25) is 5.02 Å². The van der Waals surface area contributed by atoms with Gasteiger partial charge in [-0.05, 0) is 50.0 Å². The van der Waals surface area contributed by atoms with E-state index in [9.17, 15) is 24.3 Å². The van der Waals surface area contributed by atoms with Crippen molar-refractivity contribution in [3.8, 4) is 5.75 Å². The predicted octanol–water partition coefficient (Wildman–Crippen LogP) is 3.10. The van der Waals surface area contributed by atoms with Gasteiger partial charge in [-0.2, -0.15) is 0 Å². The van der Waals surface area contributed by atoms with E-state index in [1.54, 1.807) is 19.1 Å². The zero-order chi connectivity index (χ0) is 22.2. The Labute approximate surface area is 183 Å². The summed E-state index contributed by atoms with van der Waals surface area (Å²) in [4.78, 5) is 52.9. The van der Waals surface area contributed by atoms with Crippen LogP contribution < -0.4 is 0 Å². The third kappa shape index (κ3) is 2.71. The van der Waals surface area contributed by atoms with Crippen molar-refractivity contribution in [2.45, 2.75) is 25.7 Å². The molecule has 0 radical (unpaired) electrons. The van der Waals surface area contributed by atoms with Crippen LogP contribution in [0.4, 0.5) is 0 Å².